The SMILES string of the molecule is CCC(=O)c1ccc(NCCc2ccccc2F)cc1. The van der Waals surface area contributed by atoms with E-state index in [0.29, 0.717) is 24.9 Å². The lowest BCUT2D eigenvalue weighted by Gasteiger charge is -2.08. The van der Waals surface area contributed by atoms with E-state index in [9.17, 15) is 9.18 Å². The Morgan fingerprint density at radius 3 is 2.45 bits per heavy atom. The number of benzene rings is 2. The minimum atomic E-state index is -0.168. The number of anilines is 1. The molecule has 1 N–H and O–H groups in total. The van der Waals surface area contributed by atoms with E-state index >= 15 is 0 Å². The molecule has 0 heterocycles. The Bertz CT molecular complexity index is 578. The van der Waals surface area contributed by atoms with Crippen molar-refractivity contribution in [1.29, 1.82) is 0 Å². The molecule has 0 unspecified atom stereocenters. The Morgan fingerprint density at radius 2 is 1.80 bits per heavy atom. The predicted molar refractivity (Wildman–Crippen MR) is 79.7 cm³/mol. The number of Topliss-reactive ketones (excluding diaryl/α,β-unsaturated/α-hetero) is 1. The van der Waals surface area contributed by atoms with Gasteiger partial charge in [0, 0.05) is 24.2 Å². The summed E-state index contributed by atoms with van der Waals surface area (Å²) < 4.78 is 13.4. The molecule has 2 rings (SSSR count). The highest BCUT2D eigenvalue weighted by atomic mass is 19.1. The molecule has 0 amide bonds. The van der Waals surface area contributed by atoms with Crippen LogP contribution in [0.3, 0.4) is 0 Å². The van der Waals surface area contributed by atoms with Crippen molar-refractivity contribution >= 4 is 11.5 Å². The van der Waals surface area contributed by atoms with E-state index < -0.39 is 0 Å². The van der Waals surface area contributed by atoms with Gasteiger partial charge in [0.05, 0.1) is 0 Å². The van der Waals surface area contributed by atoms with Gasteiger partial charge in [-0.3, -0.25) is 4.79 Å². The van der Waals surface area contributed by atoms with E-state index in [0.717, 1.165) is 11.3 Å². The summed E-state index contributed by atoms with van der Waals surface area (Å²) in [4.78, 5) is 11.5. The molecule has 3 heteroatoms. The minimum Gasteiger partial charge on any atom is -0.385 e. The summed E-state index contributed by atoms with van der Waals surface area (Å²) in [5, 5.41) is 3.23. The van der Waals surface area contributed by atoms with Gasteiger partial charge in [-0.25, -0.2) is 4.39 Å². The van der Waals surface area contributed by atoms with Gasteiger partial charge in [0.15, 0.2) is 5.78 Å². The van der Waals surface area contributed by atoms with Gasteiger partial charge in [0.1, 0.15) is 5.82 Å². The van der Waals surface area contributed by atoms with Crippen molar-refractivity contribution in [3.05, 3.63) is 65.5 Å². The second-order valence-electron chi connectivity index (χ2n) is 4.62. The van der Waals surface area contributed by atoms with Crippen LogP contribution in [0.2, 0.25) is 0 Å². The van der Waals surface area contributed by atoms with Crippen molar-refractivity contribution in [3.63, 3.8) is 0 Å². The molecule has 20 heavy (non-hydrogen) atoms. The highest BCUT2D eigenvalue weighted by Gasteiger charge is 2.03. The van der Waals surface area contributed by atoms with E-state index in [4.69, 9.17) is 0 Å². The second kappa shape index (κ2) is 6.85. The van der Waals surface area contributed by atoms with Gasteiger partial charge < -0.3 is 5.32 Å². The lowest BCUT2D eigenvalue weighted by molar-refractivity contribution is 0.0988. The summed E-state index contributed by atoms with van der Waals surface area (Å²) >= 11 is 0. The number of hydrogen-bond acceptors (Lipinski definition) is 2. The Labute approximate surface area is 118 Å². The zero-order valence-electron chi connectivity index (χ0n) is 11.5. The third kappa shape index (κ3) is 3.67. The molecule has 0 saturated carbocycles. The van der Waals surface area contributed by atoms with Crippen molar-refractivity contribution in [2.45, 2.75) is 19.8 Å². The number of nitrogens with one attached hydrogen (secondary N) is 1. The highest BCUT2D eigenvalue weighted by Crippen LogP contribution is 2.12. The van der Waals surface area contributed by atoms with Crippen molar-refractivity contribution in [1.82, 2.24) is 0 Å². The van der Waals surface area contributed by atoms with Gasteiger partial charge in [-0.05, 0) is 42.3 Å². The summed E-state index contributed by atoms with van der Waals surface area (Å²) in [6, 6.07) is 14.2. The molecule has 0 atom stereocenters. The molecular formula is C17H18FNO. The maximum atomic E-state index is 13.4. The van der Waals surface area contributed by atoms with Gasteiger partial charge in [-0.1, -0.05) is 25.1 Å². The van der Waals surface area contributed by atoms with Crippen LogP contribution < -0.4 is 5.32 Å². The summed E-state index contributed by atoms with van der Waals surface area (Å²) in [7, 11) is 0. The monoisotopic (exact) mass is 271 g/mol. The van der Waals surface area contributed by atoms with Crippen molar-refractivity contribution in [3.8, 4) is 0 Å². The van der Waals surface area contributed by atoms with E-state index in [1.54, 1.807) is 12.1 Å². The maximum Gasteiger partial charge on any atom is 0.162 e. The lowest BCUT2D eigenvalue weighted by atomic mass is 10.1. The highest BCUT2D eigenvalue weighted by molar-refractivity contribution is 5.96. The predicted octanol–water partition coefficient (Wildman–Crippen LogP) is 4.07. The van der Waals surface area contributed by atoms with Gasteiger partial charge in [0.25, 0.3) is 0 Å². The van der Waals surface area contributed by atoms with Crippen LogP contribution in [0.15, 0.2) is 48.5 Å². The zero-order valence-corrected chi connectivity index (χ0v) is 11.5. The zero-order chi connectivity index (χ0) is 14.4. The van der Waals surface area contributed by atoms with Crippen LogP contribution in [0.5, 0.6) is 0 Å². The van der Waals surface area contributed by atoms with Crippen LogP contribution in [0.4, 0.5) is 10.1 Å². The van der Waals surface area contributed by atoms with Crippen LogP contribution >= 0.6 is 0 Å². The Kier molecular flexibility index (Phi) is 4.88. The molecule has 0 saturated heterocycles. The first-order valence-electron chi connectivity index (χ1n) is 6.81. The largest absolute Gasteiger partial charge is 0.385 e. The van der Waals surface area contributed by atoms with Crippen LogP contribution in [0, 0.1) is 5.82 Å². The van der Waals surface area contributed by atoms with Crippen molar-refractivity contribution < 1.29 is 9.18 Å². The van der Waals surface area contributed by atoms with Crippen LogP contribution in [-0.4, -0.2) is 12.3 Å². The molecule has 0 fully saturated rings. The van der Waals surface area contributed by atoms with E-state index in [-0.39, 0.29) is 11.6 Å². The fourth-order valence-corrected chi connectivity index (χ4v) is 2.02. The van der Waals surface area contributed by atoms with Gasteiger partial charge in [-0.15, -0.1) is 0 Å². The molecule has 104 valence electrons. The quantitative estimate of drug-likeness (QED) is 0.802. The van der Waals surface area contributed by atoms with Gasteiger partial charge >= 0.3 is 0 Å². The number of carbonyl (C=O) groups excluding carboxylic acids is 1. The first-order valence-corrected chi connectivity index (χ1v) is 6.81. The molecule has 2 aromatic rings. The normalized spacial score (nSPS) is 10.3. The number of hydrogen-bond donors (Lipinski definition) is 1. The van der Waals surface area contributed by atoms with Crippen LogP contribution in [0.1, 0.15) is 29.3 Å². The molecule has 0 bridgehead atoms. The van der Waals surface area contributed by atoms with Gasteiger partial charge in [-0.2, -0.15) is 0 Å². The molecule has 2 aromatic carbocycles. The second-order valence-corrected chi connectivity index (χ2v) is 4.62. The average molecular weight is 271 g/mol. The summed E-state index contributed by atoms with van der Waals surface area (Å²) in [6.45, 7) is 2.50. The first-order chi connectivity index (χ1) is 9.70. The number of carbonyl (C=O) groups is 1. The van der Waals surface area contributed by atoms with E-state index in [2.05, 4.69) is 5.32 Å². The van der Waals surface area contributed by atoms with E-state index in [1.165, 1.54) is 6.07 Å². The maximum absolute atomic E-state index is 13.4. The number of rotatable bonds is 6. The molecule has 0 aliphatic carbocycles. The van der Waals surface area contributed by atoms with Crippen LogP contribution in [0.25, 0.3) is 0 Å². The molecule has 0 aromatic heterocycles. The van der Waals surface area contributed by atoms with Crippen molar-refractivity contribution in [2.75, 3.05) is 11.9 Å². The standard InChI is InChI=1S/C17H18FNO/c1-2-17(20)14-7-9-15(10-8-14)19-12-11-13-5-3-4-6-16(13)18/h3-10,19H,2,11-12H2,1H3. The third-order valence-electron chi connectivity index (χ3n) is 3.21. The first kappa shape index (κ1) is 14.3. The number of ketones is 1. The fourth-order valence-electron chi connectivity index (χ4n) is 2.02. The average Bonchev–Trinajstić information content (AvgIpc) is 2.49. The summed E-state index contributed by atoms with van der Waals surface area (Å²) in [5.41, 5.74) is 2.37. The summed E-state index contributed by atoms with van der Waals surface area (Å²) in [5.74, 6) is -0.0268. The van der Waals surface area contributed by atoms with E-state index in [1.807, 2.05) is 37.3 Å². The smallest absolute Gasteiger partial charge is 0.162 e. The lowest BCUT2D eigenvalue weighted by Crippen LogP contribution is -2.06. The third-order valence-corrected chi connectivity index (χ3v) is 3.21. The molecule has 0 radical (unpaired) electrons. The fraction of sp³-hybridized carbons (Fsp3) is 0.235. The van der Waals surface area contributed by atoms with Crippen LogP contribution in [-0.2, 0) is 6.42 Å². The molecule has 0 spiro atoms. The molecule has 0 aliphatic heterocycles. The molecule has 0 aliphatic rings. The Hall–Kier alpha value is -2.16. The summed E-state index contributed by atoms with van der Waals surface area (Å²) in [6.07, 6.45) is 1.14. The number of halogens is 1. The molecular weight excluding hydrogens is 253 g/mol. The Morgan fingerprint density at radius 1 is 1.10 bits per heavy atom. The topological polar surface area (TPSA) is 29.1 Å². The Balaban J connectivity index is 1.88. The minimum absolute atomic E-state index is 0.142. The molecule has 2 nitrogen and oxygen atoms in total. The van der Waals surface area contributed by atoms with Crippen molar-refractivity contribution in [2.24, 2.45) is 0 Å². The van der Waals surface area contributed by atoms with Gasteiger partial charge in [0.2, 0.25) is 0 Å².